The zero-order chi connectivity index (χ0) is 20.4. The summed E-state index contributed by atoms with van der Waals surface area (Å²) in [5, 5.41) is 2.92. The van der Waals surface area contributed by atoms with Crippen molar-refractivity contribution in [3.63, 3.8) is 0 Å². The van der Waals surface area contributed by atoms with Gasteiger partial charge in [0.2, 0.25) is 18.5 Å². The topological polar surface area (TPSA) is 93.9 Å². The summed E-state index contributed by atoms with van der Waals surface area (Å²) >= 11 is 0. The summed E-state index contributed by atoms with van der Waals surface area (Å²) in [7, 11) is 0. The lowest BCUT2D eigenvalue weighted by atomic mass is 9.97. The normalized spacial score (nSPS) is 18.0. The van der Waals surface area contributed by atoms with Gasteiger partial charge in [-0.05, 0) is 43.4 Å². The Kier molecular flexibility index (Phi) is 5.42. The van der Waals surface area contributed by atoms with Gasteiger partial charge in [-0.25, -0.2) is 4.98 Å². The van der Waals surface area contributed by atoms with Gasteiger partial charge in [0.1, 0.15) is 0 Å². The maximum Gasteiger partial charge on any atom is 0.289 e. The van der Waals surface area contributed by atoms with Gasteiger partial charge in [0.25, 0.3) is 5.91 Å². The van der Waals surface area contributed by atoms with Gasteiger partial charge in [0, 0.05) is 26.6 Å². The van der Waals surface area contributed by atoms with E-state index in [1.54, 1.807) is 13.8 Å². The van der Waals surface area contributed by atoms with E-state index in [1.807, 2.05) is 23.1 Å². The first-order chi connectivity index (χ1) is 14.0. The Labute approximate surface area is 169 Å². The van der Waals surface area contributed by atoms with E-state index in [4.69, 9.17) is 13.9 Å². The Morgan fingerprint density at radius 3 is 2.86 bits per heavy atom. The molecule has 2 aromatic rings. The number of aromatic nitrogens is 1. The van der Waals surface area contributed by atoms with Crippen molar-refractivity contribution in [1.29, 1.82) is 0 Å². The minimum atomic E-state index is -0.257. The quantitative estimate of drug-likeness (QED) is 0.829. The number of carbonyl (C=O) groups excluding carboxylic acids is 2. The minimum absolute atomic E-state index is 0.0848. The highest BCUT2D eigenvalue weighted by atomic mass is 16.7. The second-order valence-corrected chi connectivity index (χ2v) is 7.57. The van der Waals surface area contributed by atoms with Crippen LogP contribution >= 0.6 is 0 Å². The molecule has 29 heavy (non-hydrogen) atoms. The van der Waals surface area contributed by atoms with Crippen LogP contribution in [0, 0.1) is 19.8 Å². The Morgan fingerprint density at radius 1 is 1.24 bits per heavy atom. The zero-order valence-electron chi connectivity index (χ0n) is 16.7. The maximum absolute atomic E-state index is 12.8. The van der Waals surface area contributed by atoms with Gasteiger partial charge >= 0.3 is 0 Å². The SMILES string of the molecule is Cc1nc(C)c(C(=O)NCC2CCCN(C(=O)Cc3ccc4c(c3)OCO4)C2)o1. The molecule has 8 nitrogen and oxygen atoms in total. The third-order valence-corrected chi connectivity index (χ3v) is 5.33. The van der Waals surface area contributed by atoms with Crippen LogP contribution in [0.5, 0.6) is 11.5 Å². The highest BCUT2D eigenvalue weighted by Gasteiger charge is 2.25. The molecule has 154 valence electrons. The predicted octanol–water partition coefficient (Wildman–Crippen LogP) is 2.23. The van der Waals surface area contributed by atoms with E-state index >= 15 is 0 Å². The first-order valence-electron chi connectivity index (χ1n) is 9.88. The summed E-state index contributed by atoms with van der Waals surface area (Å²) in [5.41, 5.74) is 1.50. The number of hydrogen-bond donors (Lipinski definition) is 1. The molecule has 1 fully saturated rings. The van der Waals surface area contributed by atoms with Gasteiger partial charge in [-0.3, -0.25) is 9.59 Å². The number of fused-ring (bicyclic) bond motifs is 1. The molecular weight excluding hydrogens is 374 g/mol. The molecule has 1 aromatic heterocycles. The number of aryl methyl sites for hydroxylation is 2. The number of ether oxygens (including phenoxy) is 2. The molecule has 4 rings (SSSR count). The van der Waals surface area contributed by atoms with Gasteiger partial charge < -0.3 is 24.1 Å². The maximum atomic E-state index is 12.8. The number of nitrogens with zero attached hydrogens (tertiary/aromatic N) is 2. The van der Waals surface area contributed by atoms with Crippen molar-refractivity contribution in [2.45, 2.75) is 33.1 Å². The second kappa shape index (κ2) is 8.14. The lowest BCUT2D eigenvalue weighted by Gasteiger charge is -2.33. The summed E-state index contributed by atoms with van der Waals surface area (Å²) in [5.74, 6) is 2.19. The third kappa shape index (κ3) is 4.36. The lowest BCUT2D eigenvalue weighted by molar-refractivity contribution is -0.132. The number of piperidine rings is 1. The van der Waals surface area contributed by atoms with Crippen molar-refractivity contribution < 1.29 is 23.5 Å². The Morgan fingerprint density at radius 2 is 2.07 bits per heavy atom. The highest BCUT2D eigenvalue weighted by Crippen LogP contribution is 2.32. The van der Waals surface area contributed by atoms with Crippen molar-refractivity contribution in [2.75, 3.05) is 26.4 Å². The minimum Gasteiger partial charge on any atom is -0.454 e. The van der Waals surface area contributed by atoms with Crippen LogP contribution in [-0.4, -0.2) is 48.1 Å². The first kappa shape index (κ1) is 19.3. The van der Waals surface area contributed by atoms with Gasteiger partial charge in [-0.15, -0.1) is 0 Å². The largest absolute Gasteiger partial charge is 0.454 e. The molecule has 1 saturated heterocycles. The first-order valence-corrected chi connectivity index (χ1v) is 9.88. The van der Waals surface area contributed by atoms with E-state index in [0.29, 0.717) is 42.6 Å². The summed E-state index contributed by atoms with van der Waals surface area (Å²) in [4.78, 5) is 31.1. The van der Waals surface area contributed by atoms with Crippen LogP contribution in [0.1, 0.15) is 40.5 Å². The molecule has 1 aromatic carbocycles. The van der Waals surface area contributed by atoms with E-state index < -0.39 is 0 Å². The van der Waals surface area contributed by atoms with Gasteiger partial charge in [-0.2, -0.15) is 0 Å². The van der Waals surface area contributed by atoms with Gasteiger partial charge in [-0.1, -0.05) is 6.07 Å². The van der Waals surface area contributed by atoms with Crippen LogP contribution in [0.4, 0.5) is 0 Å². The molecule has 2 amide bonds. The smallest absolute Gasteiger partial charge is 0.289 e. The number of oxazole rings is 1. The molecule has 8 heteroatoms. The molecule has 2 aliphatic heterocycles. The molecule has 0 saturated carbocycles. The monoisotopic (exact) mass is 399 g/mol. The van der Waals surface area contributed by atoms with Crippen LogP contribution in [0.2, 0.25) is 0 Å². The molecule has 1 atom stereocenters. The molecule has 0 aliphatic carbocycles. The molecule has 0 bridgehead atoms. The Hall–Kier alpha value is -3.03. The van der Waals surface area contributed by atoms with E-state index in [2.05, 4.69) is 10.3 Å². The molecule has 1 N–H and O–H groups in total. The third-order valence-electron chi connectivity index (χ3n) is 5.33. The van der Waals surface area contributed by atoms with Crippen molar-refractivity contribution >= 4 is 11.8 Å². The van der Waals surface area contributed by atoms with E-state index in [9.17, 15) is 9.59 Å². The van der Waals surface area contributed by atoms with Crippen molar-refractivity contribution in [3.05, 3.63) is 41.1 Å². The molecule has 0 radical (unpaired) electrons. The van der Waals surface area contributed by atoms with Gasteiger partial charge in [0.15, 0.2) is 17.4 Å². The average Bonchev–Trinajstić information content (AvgIpc) is 3.31. The molecule has 0 spiro atoms. The zero-order valence-corrected chi connectivity index (χ0v) is 16.7. The number of likely N-dealkylation sites (tertiary alicyclic amines) is 1. The fraction of sp³-hybridized carbons (Fsp3) is 0.476. The highest BCUT2D eigenvalue weighted by molar-refractivity contribution is 5.92. The van der Waals surface area contributed by atoms with Crippen LogP contribution in [0.3, 0.4) is 0 Å². The number of hydrogen-bond acceptors (Lipinski definition) is 6. The molecule has 3 heterocycles. The summed E-state index contributed by atoms with van der Waals surface area (Å²) in [6.45, 7) is 5.58. The Bertz CT molecular complexity index is 923. The number of benzene rings is 1. The van der Waals surface area contributed by atoms with Gasteiger partial charge in [0.05, 0.1) is 12.1 Å². The van der Waals surface area contributed by atoms with E-state index in [0.717, 1.165) is 24.9 Å². The van der Waals surface area contributed by atoms with Crippen molar-refractivity contribution in [3.8, 4) is 11.5 Å². The summed E-state index contributed by atoms with van der Waals surface area (Å²) in [6.07, 6.45) is 2.22. The van der Waals surface area contributed by atoms with Crippen LogP contribution in [0.25, 0.3) is 0 Å². The summed E-state index contributed by atoms with van der Waals surface area (Å²) in [6, 6.07) is 5.60. The van der Waals surface area contributed by atoms with Crippen LogP contribution in [0.15, 0.2) is 22.6 Å². The molecular formula is C21H25N3O5. The number of rotatable bonds is 5. The number of nitrogens with one attached hydrogen (secondary N) is 1. The molecule has 2 aliphatic rings. The fourth-order valence-corrected chi connectivity index (χ4v) is 3.85. The summed E-state index contributed by atoms with van der Waals surface area (Å²) < 4.78 is 16.1. The predicted molar refractivity (Wildman–Crippen MR) is 104 cm³/mol. The Balaban J connectivity index is 1.30. The standard InChI is InChI=1S/C21H25N3O5/c1-13-20(29-14(2)23-13)21(26)22-10-16-4-3-7-24(11-16)19(25)9-15-5-6-17-18(8-15)28-12-27-17/h5-6,8,16H,3-4,7,9-12H2,1-2H3,(H,22,26). The average molecular weight is 399 g/mol. The number of amides is 2. The van der Waals surface area contributed by atoms with Crippen LogP contribution in [-0.2, 0) is 11.2 Å². The van der Waals surface area contributed by atoms with Crippen molar-refractivity contribution in [2.24, 2.45) is 5.92 Å². The van der Waals surface area contributed by atoms with Crippen LogP contribution < -0.4 is 14.8 Å². The molecule has 1 unspecified atom stereocenters. The fourth-order valence-electron chi connectivity index (χ4n) is 3.85. The lowest BCUT2D eigenvalue weighted by Crippen LogP contribution is -2.44. The van der Waals surface area contributed by atoms with E-state index in [1.165, 1.54) is 0 Å². The second-order valence-electron chi connectivity index (χ2n) is 7.57. The van der Waals surface area contributed by atoms with E-state index in [-0.39, 0.29) is 30.3 Å². The van der Waals surface area contributed by atoms with Crippen molar-refractivity contribution in [1.82, 2.24) is 15.2 Å². The number of carbonyl (C=O) groups is 2.